The number of alkyl halides is 3. The van der Waals surface area contributed by atoms with Gasteiger partial charge >= 0.3 is 12.1 Å². The molecule has 116 valence electrons. The molecule has 1 saturated carbocycles. The van der Waals surface area contributed by atoms with Crippen LogP contribution in [0.1, 0.15) is 42.6 Å². The summed E-state index contributed by atoms with van der Waals surface area (Å²) in [5.74, 6) is -1.09. The third-order valence-electron chi connectivity index (χ3n) is 4.32. The summed E-state index contributed by atoms with van der Waals surface area (Å²) >= 11 is 0. The van der Waals surface area contributed by atoms with Crippen LogP contribution in [0.15, 0.2) is 18.2 Å². The van der Waals surface area contributed by atoms with E-state index in [1.807, 2.05) is 0 Å². The van der Waals surface area contributed by atoms with E-state index >= 15 is 0 Å². The minimum atomic E-state index is -4.66. The molecule has 1 fully saturated rings. The fourth-order valence-corrected chi connectivity index (χ4v) is 2.48. The van der Waals surface area contributed by atoms with Crippen molar-refractivity contribution in [2.24, 2.45) is 11.3 Å². The standard InChI is InChI=1S/C15H18F3NO2/c1-9(2)14(5-6-14)8-19-10-3-4-12(15(16,17)18)11(7-10)13(20)21/h3-4,7,9,19H,5-6,8H2,1-2H3,(H,20,21). The predicted octanol–water partition coefficient (Wildman–Crippen LogP) is 4.25. The lowest BCUT2D eigenvalue weighted by Crippen LogP contribution is -2.21. The highest BCUT2D eigenvalue weighted by Gasteiger charge is 2.45. The normalized spacial score (nSPS) is 16.9. The number of halogens is 3. The summed E-state index contributed by atoms with van der Waals surface area (Å²) in [4.78, 5) is 11.0. The Morgan fingerprint density at radius 1 is 1.38 bits per heavy atom. The van der Waals surface area contributed by atoms with Crippen molar-refractivity contribution in [3.8, 4) is 0 Å². The zero-order valence-electron chi connectivity index (χ0n) is 11.9. The highest BCUT2D eigenvalue weighted by Crippen LogP contribution is 2.51. The first-order valence-corrected chi connectivity index (χ1v) is 6.84. The van der Waals surface area contributed by atoms with Gasteiger partial charge in [0.05, 0.1) is 11.1 Å². The molecule has 2 N–H and O–H groups in total. The van der Waals surface area contributed by atoms with Gasteiger partial charge in [0.25, 0.3) is 0 Å². The first-order chi connectivity index (χ1) is 9.66. The van der Waals surface area contributed by atoms with Crippen molar-refractivity contribution < 1.29 is 23.1 Å². The molecule has 0 saturated heterocycles. The van der Waals surface area contributed by atoms with E-state index < -0.39 is 23.3 Å². The molecule has 0 unspecified atom stereocenters. The van der Waals surface area contributed by atoms with Crippen molar-refractivity contribution in [3.63, 3.8) is 0 Å². The predicted molar refractivity (Wildman–Crippen MR) is 73.4 cm³/mol. The molecular weight excluding hydrogens is 283 g/mol. The summed E-state index contributed by atoms with van der Waals surface area (Å²) in [6.45, 7) is 4.88. The number of benzene rings is 1. The Hall–Kier alpha value is -1.72. The Balaban J connectivity index is 2.19. The van der Waals surface area contributed by atoms with Crippen molar-refractivity contribution in [1.82, 2.24) is 0 Å². The van der Waals surface area contributed by atoms with E-state index in [9.17, 15) is 18.0 Å². The van der Waals surface area contributed by atoms with Gasteiger partial charge in [-0.2, -0.15) is 13.2 Å². The van der Waals surface area contributed by atoms with Crippen LogP contribution in [-0.2, 0) is 6.18 Å². The highest BCUT2D eigenvalue weighted by atomic mass is 19.4. The average Bonchev–Trinajstić information content (AvgIpc) is 3.16. The van der Waals surface area contributed by atoms with Gasteiger partial charge in [-0.1, -0.05) is 13.8 Å². The summed E-state index contributed by atoms with van der Waals surface area (Å²) in [5, 5.41) is 12.0. The summed E-state index contributed by atoms with van der Waals surface area (Å²) in [5.41, 5.74) is -1.24. The van der Waals surface area contributed by atoms with Gasteiger partial charge in [0.1, 0.15) is 0 Å². The first kappa shape index (κ1) is 15.7. The van der Waals surface area contributed by atoms with Crippen LogP contribution in [0.2, 0.25) is 0 Å². The minimum absolute atomic E-state index is 0.187. The third kappa shape index (κ3) is 3.31. The fourth-order valence-electron chi connectivity index (χ4n) is 2.48. The maximum atomic E-state index is 12.7. The Bertz CT molecular complexity index is 548. The van der Waals surface area contributed by atoms with Crippen molar-refractivity contribution >= 4 is 11.7 Å². The van der Waals surface area contributed by atoms with Gasteiger partial charge in [0, 0.05) is 12.2 Å². The summed E-state index contributed by atoms with van der Waals surface area (Å²) in [7, 11) is 0. The molecule has 0 heterocycles. The Kier molecular flexibility index (Phi) is 3.91. The summed E-state index contributed by atoms with van der Waals surface area (Å²) in [6.07, 6.45) is -2.49. The van der Waals surface area contributed by atoms with E-state index in [0.29, 0.717) is 18.2 Å². The highest BCUT2D eigenvalue weighted by molar-refractivity contribution is 5.91. The molecule has 0 amide bonds. The number of carboxylic acids is 1. The van der Waals surface area contributed by atoms with E-state index in [1.165, 1.54) is 6.07 Å². The molecule has 21 heavy (non-hydrogen) atoms. The van der Waals surface area contributed by atoms with Crippen molar-refractivity contribution in [1.29, 1.82) is 0 Å². The van der Waals surface area contributed by atoms with E-state index in [2.05, 4.69) is 19.2 Å². The molecule has 2 rings (SSSR count). The number of nitrogens with one attached hydrogen (secondary N) is 1. The number of carboxylic acid groups (broad SMARTS) is 1. The second-order valence-electron chi connectivity index (χ2n) is 5.93. The summed E-state index contributed by atoms with van der Waals surface area (Å²) < 4.78 is 38.2. The van der Waals surface area contributed by atoms with Crippen LogP contribution in [0.25, 0.3) is 0 Å². The molecule has 0 aromatic heterocycles. The molecule has 3 nitrogen and oxygen atoms in total. The number of hydrogen-bond acceptors (Lipinski definition) is 2. The molecule has 0 aliphatic heterocycles. The van der Waals surface area contributed by atoms with Crippen LogP contribution in [-0.4, -0.2) is 17.6 Å². The van der Waals surface area contributed by atoms with E-state index in [-0.39, 0.29) is 5.41 Å². The molecule has 1 aromatic rings. The molecule has 6 heteroatoms. The number of aromatic carboxylic acids is 1. The van der Waals surface area contributed by atoms with Crippen molar-refractivity contribution in [3.05, 3.63) is 29.3 Å². The zero-order valence-corrected chi connectivity index (χ0v) is 11.9. The fraction of sp³-hybridized carbons (Fsp3) is 0.533. The largest absolute Gasteiger partial charge is 0.478 e. The molecule has 0 bridgehead atoms. The molecule has 1 aromatic carbocycles. The Morgan fingerprint density at radius 3 is 2.43 bits per heavy atom. The van der Waals surface area contributed by atoms with E-state index in [4.69, 9.17) is 5.11 Å². The van der Waals surface area contributed by atoms with Crippen LogP contribution in [0.5, 0.6) is 0 Å². The third-order valence-corrected chi connectivity index (χ3v) is 4.32. The SMILES string of the molecule is CC(C)C1(CNc2ccc(C(F)(F)F)c(C(=O)O)c2)CC1. The zero-order chi connectivity index (χ0) is 15.8. The molecule has 1 aliphatic carbocycles. The van der Waals surface area contributed by atoms with Gasteiger partial charge < -0.3 is 10.4 Å². The lowest BCUT2D eigenvalue weighted by Gasteiger charge is -2.21. The van der Waals surface area contributed by atoms with Gasteiger partial charge in [-0.15, -0.1) is 0 Å². The second-order valence-corrected chi connectivity index (χ2v) is 5.93. The average molecular weight is 301 g/mol. The van der Waals surface area contributed by atoms with E-state index in [0.717, 1.165) is 25.0 Å². The molecule has 1 aliphatic rings. The topological polar surface area (TPSA) is 49.3 Å². The van der Waals surface area contributed by atoms with Crippen LogP contribution >= 0.6 is 0 Å². The van der Waals surface area contributed by atoms with Crippen LogP contribution in [0, 0.1) is 11.3 Å². The second kappa shape index (κ2) is 5.24. The quantitative estimate of drug-likeness (QED) is 0.854. The maximum absolute atomic E-state index is 12.7. The van der Waals surface area contributed by atoms with Gasteiger partial charge in [-0.25, -0.2) is 4.79 Å². The molecule has 0 atom stereocenters. The van der Waals surface area contributed by atoms with Crippen molar-refractivity contribution in [2.75, 3.05) is 11.9 Å². The molecular formula is C15H18F3NO2. The van der Waals surface area contributed by atoms with Gasteiger partial charge in [0.15, 0.2) is 0 Å². The van der Waals surface area contributed by atoms with Crippen LogP contribution in [0.4, 0.5) is 18.9 Å². The monoisotopic (exact) mass is 301 g/mol. The number of rotatable bonds is 5. The molecule has 0 spiro atoms. The van der Waals surface area contributed by atoms with Gasteiger partial charge in [-0.05, 0) is 42.4 Å². The lowest BCUT2D eigenvalue weighted by molar-refractivity contribution is -0.138. The Labute approximate surface area is 121 Å². The smallest absolute Gasteiger partial charge is 0.417 e. The van der Waals surface area contributed by atoms with Crippen molar-refractivity contribution in [2.45, 2.75) is 32.9 Å². The van der Waals surface area contributed by atoms with Gasteiger partial charge in [0.2, 0.25) is 0 Å². The number of carbonyl (C=O) groups is 1. The van der Waals surface area contributed by atoms with Crippen LogP contribution in [0.3, 0.4) is 0 Å². The van der Waals surface area contributed by atoms with E-state index in [1.54, 1.807) is 0 Å². The number of hydrogen-bond donors (Lipinski definition) is 2. The Morgan fingerprint density at radius 2 is 2.00 bits per heavy atom. The maximum Gasteiger partial charge on any atom is 0.417 e. The summed E-state index contributed by atoms with van der Waals surface area (Å²) in [6, 6.07) is 3.16. The van der Waals surface area contributed by atoms with Crippen LogP contribution < -0.4 is 5.32 Å². The lowest BCUT2D eigenvalue weighted by atomic mass is 9.92. The first-order valence-electron chi connectivity index (χ1n) is 6.84. The number of anilines is 1. The molecule has 0 radical (unpaired) electrons. The minimum Gasteiger partial charge on any atom is -0.478 e. The van der Waals surface area contributed by atoms with Gasteiger partial charge in [-0.3, -0.25) is 0 Å².